The monoisotopic (exact) mass is 527 g/mol. The van der Waals surface area contributed by atoms with Gasteiger partial charge < -0.3 is 9.64 Å². The molecule has 2 aromatic heterocycles. The summed E-state index contributed by atoms with van der Waals surface area (Å²) in [7, 11) is 0. The van der Waals surface area contributed by atoms with Gasteiger partial charge in [-0.3, -0.25) is 14.3 Å². The van der Waals surface area contributed by atoms with Gasteiger partial charge in [0.25, 0.3) is 5.56 Å². The van der Waals surface area contributed by atoms with E-state index in [9.17, 15) is 9.59 Å². The third-order valence-electron chi connectivity index (χ3n) is 7.42. The van der Waals surface area contributed by atoms with Crippen molar-refractivity contribution in [3.8, 4) is 11.4 Å². The lowest BCUT2D eigenvalue weighted by Crippen LogP contribution is -2.46. The van der Waals surface area contributed by atoms with Crippen molar-refractivity contribution in [1.29, 1.82) is 0 Å². The van der Waals surface area contributed by atoms with Gasteiger partial charge in [0, 0.05) is 38.4 Å². The summed E-state index contributed by atoms with van der Waals surface area (Å²) in [6.07, 6.45) is 1.78. The molecule has 0 bridgehead atoms. The van der Waals surface area contributed by atoms with Crippen LogP contribution in [-0.2, 0) is 6.54 Å². The van der Waals surface area contributed by atoms with Gasteiger partial charge in [0.2, 0.25) is 0 Å². The van der Waals surface area contributed by atoms with E-state index in [0.717, 1.165) is 68.3 Å². The molecule has 1 aliphatic heterocycles. The number of benzene rings is 2. The second-order valence-corrected chi connectivity index (χ2v) is 10.1. The smallest absolute Gasteiger partial charge is 0.337 e. The summed E-state index contributed by atoms with van der Waals surface area (Å²) in [6.45, 7) is 11.9. The van der Waals surface area contributed by atoms with Crippen molar-refractivity contribution in [3.63, 3.8) is 0 Å². The minimum absolute atomic E-state index is 0.314. The molecule has 0 unspecified atom stereocenters. The maximum Gasteiger partial charge on any atom is 0.337 e. The van der Waals surface area contributed by atoms with Crippen LogP contribution in [0.1, 0.15) is 31.0 Å². The molecule has 8 nitrogen and oxygen atoms in total. The number of hydrogen-bond acceptors (Lipinski definition) is 6. The van der Waals surface area contributed by atoms with Gasteiger partial charge in [-0.05, 0) is 76.1 Å². The van der Waals surface area contributed by atoms with Crippen LogP contribution in [0, 0.1) is 13.8 Å². The van der Waals surface area contributed by atoms with Crippen molar-refractivity contribution < 1.29 is 4.74 Å². The zero-order valence-electron chi connectivity index (χ0n) is 23.1. The number of piperazine rings is 1. The predicted octanol–water partition coefficient (Wildman–Crippen LogP) is 4.17. The van der Waals surface area contributed by atoms with Crippen LogP contribution >= 0.6 is 0 Å². The molecule has 0 N–H and O–H groups in total. The van der Waals surface area contributed by atoms with Crippen LogP contribution in [0.2, 0.25) is 0 Å². The van der Waals surface area contributed by atoms with E-state index in [2.05, 4.69) is 26.9 Å². The number of anilines is 1. The molecule has 0 radical (unpaired) electrons. The van der Waals surface area contributed by atoms with E-state index in [4.69, 9.17) is 4.74 Å². The van der Waals surface area contributed by atoms with Crippen LogP contribution in [0.5, 0.6) is 5.75 Å². The van der Waals surface area contributed by atoms with Crippen molar-refractivity contribution in [2.75, 3.05) is 44.2 Å². The standard InChI is InChI=1S/C31H37N5O3/c1-4-39-27-15-9-8-14-26(27)34-20-18-33(19-21-34)16-10-11-17-35-29-28(23(2)22-24(3)32-29)30(37)36(31(35)38)25-12-6-5-7-13-25/h5-9,12-15,22H,4,10-11,16-21H2,1-3H3. The normalized spacial score (nSPS) is 14.2. The highest BCUT2D eigenvalue weighted by Crippen LogP contribution is 2.28. The molecule has 1 aliphatic rings. The summed E-state index contributed by atoms with van der Waals surface area (Å²) in [6, 6.07) is 19.3. The molecule has 39 heavy (non-hydrogen) atoms. The highest BCUT2D eigenvalue weighted by atomic mass is 16.5. The van der Waals surface area contributed by atoms with E-state index >= 15 is 0 Å². The lowest BCUT2D eigenvalue weighted by molar-refractivity contribution is 0.250. The molecular weight excluding hydrogens is 490 g/mol. The molecule has 0 saturated carbocycles. The van der Waals surface area contributed by atoms with Gasteiger partial charge in [0.05, 0.1) is 23.4 Å². The van der Waals surface area contributed by atoms with Gasteiger partial charge in [0.15, 0.2) is 0 Å². The van der Waals surface area contributed by atoms with E-state index in [-0.39, 0.29) is 11.2 Å². The van der Waals surface area contributed by atoms with E-state index in [0.29, 0.717) is 29.9 Å². The van der Waals surface area contributed by atoms with Gasteiger partial charge in [-0.2, -0.15) is 0 Å². The number of pyridine rings is 1. The lowest BCUT2D eigenvalue weighted by Gasteiger charge is -2.36. The van der Waals surface area contributed by atoms with Crippen LogP contribution in [0.15, 0.2) is 70.3 Å². The second-order valence-electron chi connectivity index (χ2n) is 10.1. The van der Waals surface area contributed by atoms with Gasteiger partial charge in [0.1, 0.15) is 11.4 Å². The Morgan fingerprint density at radius 2 is 1.56 bits per heavy atom. The number of fused-ring (bicyclic) bond motifs is 1. The number of para-hydroxylation sites is 3. The Kier molecular flexibility index (Phi) is 8.12. The highest BCUT2D eigenvalue weighted by molar-refractivity contribution is 5.78. The SMILES string of the molecule is CCOc1ccccc1N1CCN(CCCCn2c(=O)n(-c3ccccc3)c(=O)c3c(C)cc(C)nc32)CC1. The van der Waals surface area contributed by atoms with Gasteiger partial charge in [-0.15, -0.1) is 0 Å². The lowest BCUT2D eigenvalue weighted by atomic mass is 10.1. The van der Waals surface area contributed by atoms with Crippen molar-refractivity contribution in [3.05, 3.63) is 92.8 Å². The molecule has 1 saturated heterocycles. The van der Waals surface area contributed by atoms with E-state index in [1.807, 2.05) is 57.2 Å². The number of rotatable bonds is 9. The molecular formula is C31H37N5O3. The van der Waals surface area contributed by atoms with Gasteiger partial charge in [-0.1, -0.05) is 30.3 Å². The molecule has 0 spiro atoms. The zero-order chi connectivity index (χ0) is 27.4. The van der Waals surface area contributed by atoms with Crippen LogP contribution in [-0.4, -0.2) is 58.3 Å². The summed E-state index contributed by atoms with van der Waals surface area (Å²) < 4.78 is 8.80. The van der Waals surface area contributed by atoms with Crippen LogP contribution in [0.25, 0.3) is 16.7 Å². The Hall–Kier alpha value is -3.91. The molecule has 0 atom stereocenters. The van der Waals surface area contributed by atoms with Gasteiger partial charge in [-0.25, -0.2) is 14.3 Å². The van der Waals surface area contributed by atoms with E-state index in [1.165, 1.54) is 4.57 Å². The average Bonchev–Trinajstić information content (AvgIpc) is 2.93. The molecule has 4 aromatic rings. The number of hydrogen-bond donors (Lipinski definition) is 0. The number of ether oxygens (including phenoxy) is 1. The second kappa shape index (κ2) is 11.9. The first-order valence-corrected chi connectivity index (χ1v) is 13.9. The fourth-order valence-corrected chi connectivity index (χ4v) is 5.51. The van der Waals surface area contributed by atoms with E-state index < -0.39 is 0 Å². The van der Waals surface area contributed by atoms with Crippen LogP contribution in [0.4, 0.5) is 5.69 Å². The van der Waals surface area contributed by atoms with Crippen LogP contribution < -0.4 is 20.9 Å². The van der Waals surface area contributed by atoms with E-state index in [1.54, 1.807) is 16.7 Å². The Morgan fingerprint density at radius 1 is 0.872 bits per heavy atom. The minimum atomic E-state index is -0.335. The van der Waals surface area contributed by atoms with Gasteiger partial charge >= 0.3 is 5.69 Å². The van der Waals surface area contributed by atoms with Crippen molar-refractivity contribution in [2.45, 2.75) is 40.2 Å². The quantitative estimate of drug-likeness (QED) is 0.304. The summed E-state index contributed by atoms with van der Waals surface area (Å²) in [5.41, 5.74) is 3.21. The summed E-state index contributed by atoms with van der Waals surface area (Å²) in [4.78, 5) is 36.6. The fraction of sp³-hybridized carbons (Fsp3) is 0.387. The third kappa shape index (κ3) is 5.61. The maximum atomic E-state index is 13.6. The first kappa shape index (κ1) is 26.7. The Bertz CT molecular complexity index is 1550. The third-order valence-corrected chi connectivity index (χ3v) is 7.42. The number of aryl methyl sites for hydroxylation is 3. The molecule has 204 valence electrons. The largest absolute Gasteiger partial charge is 0.492 e. The topological polar surface area (TPSA) is 72.6 Å². The summed E-state index contributed by atoms with van der Waals surface area (Å²) in [5.74, 6) is 0.946. The average molecular weight is 528 g/mol. The van der Waals surface area contributed by atoms with Crippen molar-refractivity contribution in [1.82, 2.24) is 19.0 Å². The number of unbranched alkanes of at least 4 members (excludes halogenated alkanes) is 1. The fourth-order valence-electron chi connectivity index (χ4n) is 5.51. The predicted molar refractivity (Wildman–Crippen MR) is 157 cm³/mol. The Morgan fingerprint density at radius 3 is 2.31 bits per heavy atom. The number of aromatic nitrogens is 3. The molecule has 0 amide bonds. The Labute approximate surface area is 229 Å². The molecule has 2 aromatic carbocycles. The number of nitrogens with zero attached hydrogens (tertiary/aromatic N) is 5. The van der Waals surface area contributed by atoms with Crippen molar-refractivity contribution >= 4 is 16.7 Å². The van der Waals surface area contributed by atoms with Crippen LogP contribution in [0.3, 0.4) is 0 Å². The summed E-state index contributed by atoms with van der Waals surface area (Å²) in [5, 5.41) is 0.507. The maximum absolute atomic E-state index is 13.6. The zero-order valence-corrected chi connectivity index (χ0v) is 23.1. The highest BCUT2D eigenvalue weighted by Gasteiger charge is 2.20. The molecule has 8 heteroatoms. The minimum Gasteiger partial charge on any atom is -0.492 e. The molecule has 3 heterocycles. The molecule has 1 fully saturated rings. The summed E-state index contributed by atoms with van der Waals surface area (Å²) >= 11 is 0. The van der Waals surface area contributed by atoms with Crippen molar-refractivity contribution in [2.24, 2.45) is 0 Å². The molecule has 5 rings (SSSR count). The first-order chi connectivity index (χ1) is 19.0. The molecule has 0 aliphatic carbocycles. The Balaban J connectivity index is 1.28. The first-order valence-electron chi connectivity index (χ1n) is 13.9.